The van der Waals surface area contributed by atoms with Crippen LogP contribution in [0.4, 0.5) is 11.5 Å². The number of imidazole rings is 1. The Hall–Kier alpha value is -5.53. The number of fused-ring (bicyclic) bond motifs is 2. The van der Waals surface area contributed by atoms with Crippen LogP contribution in [0.15, 0.2) is 79.3 Å². The summed E-state index contributed by atoms with van der Waals surface area (Å²) in [6, 6.07) is 18.4. The summed E-state index contributed by atoms with van der Waals surface area (Å²) in [4.78, 5) is 34.7. The molecule has 1 aliphatic rings. The van der Waals surface area contributed by atoms with E-state index in [9.17, 15) is 9.59 Å². The standard InChI is InChI=1S/C24H22N8S.C8H6O3.CH5N/c1-33-30-19-14-20(31-12-4-11-27-31)28-24-21(19)29-23(18-7-3-10-26-22(18)25)32(24)17-9-8-15-5-2-6-16(15)13-17;9-4-6-1-2-8(11)7(3-6)5-10;1-2/h3-4,7-14H,2,5-6H2,1H3,(H2,25,26)(H,28,30);1-5,11H;2H2,1H3. The molecule has 1 aliphatic carbocycles. The maximum absolute atomic E-state index is 10.2. The molecule has 13 heteroatoms. The van der Waals surface area contributed by atoms with Crippen LogP contribution in [0.2, 0.25) is 0 Å². The fraction of sp³-hybridized carbons (Fsp3) is 0.152. The molecule has 12 nitrogen and oxygen atoms in total. The zero-order valence-corrected chi connectivity index (χ0v) is 26.1. The van der Waals surface area contributed by atoms with Gasteiger partial charge in [-0.3, -0.25) is 14.2 Å². The molecule has 0 saturated carbocycles. The van der Waals surface area contributed by atoms with Gasteiger partial charge in [0.1, 0.15) is 23.4 Å². The molecule has 0 unspecified atom stereocenters. The molecule has 7 rings (SSSR count). The van der Waals surface area contributed by atoms with Gasteiger partial charge >= 0.3 is 0 Å². The molecule has 4 aromatic heterocycles. The van der Waals surface area contributed by atoms with E-state index < -0.39 is 0 Å². The van der Waals surface area contributed by atoms with Crippen LogP contribution >= 0.6 is 11.9 Å². The maximum Gasteiger partial charge on any atom is 0.169 e. The summed E-state index contributed by atoms with van der Waals surface area (Å²) in [5.41, 5.74) is 18.2. The molecule has 2 aromatic carbocycles. The summed E-state index contributed by atoms with van der Waals surface area (Å²) in [7, 11) is 1.50. The predicted molar refractivity (Wildman–Crippen MR) is 182 cm³/mol. The lowest BCUT2D eigenvalue weighted by atomic mass is 10.1. The fourth-order valence-electron chi connectivity index (χ4n) is 5.21. The number of hydrogen-bond donors (Lipinski definition) is 4. The average Bonchev–Trinajstić information content (AvgIpc) is 3.87. The number of pyridine rings is 2. The Kier molecular flexibility index (Phi) is 10.0. The van der Waals surface area contributed by atoms with Gasteiger partial charge in [-0.15, -0.1) is 0 Å². The number of carbonyl (C=O) groups is 2. The number of carbonyl (C=O) groups excluding carboxylic acids is 2. The highest BCUT2D eigenvalue weighted by Gasteiger charge is 2.22. The van der Waals surface area contributed by atoms with Gasteiger partial charge in [0.15, 0.2) is 23.6 Å². The topological polar surface area (TPSA) is 180 Å². The summed E-state index contributed by atoms with van der Waals surface area (Å²) in [5.74, 6) is 1.74. The minimum atomic E-state index is -0.106. The summed E-state index contributed by atoms with van der Waals surface area (Å²) in [6.07, 6.45) is 11.8. The molecule has 0 amide bonds. The molecule has 0 radical (unpaired) electrons. The first-order valence-electron chi connectivity index (χ1n) is 14.4. The van der Waals surface area contributed by atoms with Crippen molar-refractivity contribution in [3.05, 3.63) is 102 Å². The van der Waals surface area contributed by atoms with Crippen molar-refractivity contribution in [2.24, 2.45) is 5.73 Å². The molecule has 0 aliphatic heterocycles. The van der Waals surface area contributed by atoms with Crippen LogP contribution in [0.3, 0.4) is 0 Å². The number of nitrogens with one attached hydrogen (secondary N) is 1. The summed E-state index contributed by atoms with van der Waals surface area (Å²) >= 11 is 1.51. The van der Waals surface area contributed by atoms with Gasteiger partial charge in [-0.25, -0.2) is 19.6 Å². The number of aryl methyl sites for hydroxylation is 2. The van der Waals surface area contributed by atoms with Gasteiger partial charge in [0.2, 0.25) is 0 Å². The molecule has 234 valence electrons. The highest BCUT2D eigenvalue weighted by molar-refractivity contribution is 7.99. The number of nitrogens with zero attached hydrogens (tertiary/aromatic N) is 6. The second-order valence-corrected chi connectivity index (χ2v) is 10.6. The van der Waals surface area contributed by atoms with Crippen LogP contribution in [0.1, 0.15) is 38.3 Å². The van der Waals surface area contributed by atoms with Crippen molar-refractivity contribution < 1.29 is 14.7 Å². The van der Waals surface area contributed by atoms with Gasteiger partial charge in [0, 0.05) is 42.2 Å². The highest BCUT2D eigenvalue weighted by atomic mass is 32.2. The molecular formula is C33H33N9O3S. The Labute approximate surface area is 269 Å². The van der Waals surface area contributed by atoms with Crippen LogP contribution in [0.25, 0.3) is 34.1 Å². The number of nitrogen functional groups attached to an aromatic ring is 1. The van der Waals surface area contributed by atoms with Gasteiger partial charge in [0.25, 0.3) is 0 Å². The molecular weight excluding hydrogens is 602 g/mol. The molecule has 0 bridgehead atoms. The Morgan fingerprint density at radius 2 is 1.78 bits per heavy atom. The van der Waals surface area contributed by atoms with Crippen molar-refractivity contribution in [1.82, 2.24) is 29.3 Å². The van der Waals surface area contributed by atoms with Crippen molar-refractivity contribution in [2.75, 3.05) is 23.8 Å². The van der Waals surface area contributed by atoms with E-state index in [1.807, 2.05) is 36.7 Å². The van der Waals surface area contributed by atoms with Gasteiger partial charge in [-0.1, -0.05) is 18.0 Å². The minimum Gasteiger partial charge on any atom is -0.507 e. The molecule has 0 spiro atoms. The number of anilines is 2. The van der Waals surface area contributed by atoms with Crippen LogP contribution in [0.5, 0.6) is 5.75 Å². The zero-order valence-electron chi connectivity index (χ0n) is 25.3. The Morgan fingerprint density at radius 1 is 0.957 bits per heavy atom. The van der Waals surface area contributed by atoms with E-state index in [1.54, 1.807) is 17.1 Å². The minimum absolute atomic E-state index is 0.106. The number of benzene rings is 2. The SMILES string of the molecule is CN.CSNc1cc(-n2cccn2)nc2c1nc(-c1cccnc1N)n2-c1ccc2c(c1)CCC2.O=Cc1ccc(O)c(C=O)c1. The lowest BCUT2D eigenvalue weighted by molar-refractivity contribution is 0.112. The van der Waals surface area contributed by atoms with E-state index in [-0.39, 0.29) is 11.3 Å². The quantitative estimate of drug-likeness (QED) is 0.137. The largest absolute Gasteiger partial charge is 0.507 e. The number of nitrogens with two attached hydrogens (primary N) is 2. The lowest BCUT2D eigenvalue weighted by Gasteiger charge is -2.13. The molecule has 0 fully saturated rings. The third-order valence-electron chi connectivity index (χ3n) is 7.29. The number of aldehydes is 2. The van der Waals surface area contributed by atoms with Crippen LogP contribution in [-0.4, -0.2) is 60.3 Å². The smallest absolute Gasteiger partial charge is 0.169 e. The van der Waals surface area contributed by atoms with Crippen molar-refractivity contribution in [3.63, 3.8) is 0 Å². The first kappa shape index (κ1) is 31.9. The van der Waals surface area contributed by atoms with Gasteiger partial charge in [0.05, 0.1) is 16.8 Å². The Balaban J connectivity index is 0.000000272. The number of aromatic nitrogens is 6. The van der Waals surface area contributed by atoms with E-state index in [0.717, 1.165) is 40.9 Å². The molecule has 4 heterocycles. The molecule has 0 atom stereocenters. The normalized spacial score (nSPS) is 11.5. The molecule has 6 N–H and O–H groups in total. The third kappa shape index (κ3) is 6.46. The van der Waals surface area contributed by atoms with Gasteiger partial charge < -0.3 is 21.3 Å². The fourth-order valence-corrected chi connectivity index (χ4v) is 5.59. The maximum atomic E-state index is 10.2. The van der Waals surface area contributed by atoms with Crippen molar-refractivity contribution in [1.29, 1.82) is 0 Å². The lowest BCUT2D eigenvalue weighted by Crippen LogP contribution is -2.05. The number of rotatable bonds is 7. The van der Waals surface area contributed by atoms with E-state index in [1.165, 1.54) is 54.7 Å². The monoisotopic (exact) mass is 635 g/mol. The van der Waals surface area contributed by atoms with E-state index >= 15 is 0 Å². The number of phenols is 1. The van der Waals surface area contributed by atoms with Crippen molar-refractivity contribution >= 4 is 47.2 Å². The second kappa shape index (κ2) is 14.5. The van der Waals surface area contributed by atoms with Gasteiger partial charge in [-0.2, -0.15) is 5.10 Å². The Bertz CT molecular complexity index is 1990. The number of phenolic OH excluding ortho intramolecular Hbond substituents is 1. The Morgan fingerprint density at radius 3 is 2.50 bits per heavy atom. The summed E-state index contributed by atoms with van der Waals surface area (Å²) in [5, 5.41) is 13.4. The molecule has 6 aromatic rings. The number of aromatic hydroxyl groups is 1. The second-order valence-electron chi connectivity index (χ2n) is 10.0. The van der Waals surface area contributed by atoms with Crippen LogP contribution in [0, 0.1) is 0 Å². The third-order valence-corrected chi connectivity index (χ3v) is 7.71. The van der Waals surface area contributed by atoms with E-state index in [4.69, 9.17) is 20.8 Å². The van der Waals surface area contributed by atoms with E-state index in [0.29, 0.717) is 35.6 Å². The zero-order chi connectivity index (χ0) is 32.6. The highest BCUT2D eigenvalue weighted by Crippen LogP contribution is 2.36. The summed E-state index contributed by atoms with van der Waals surface area (Å²) < 4.78 is 7.20. The van der Waals surface area contributed by atoms with Crippen molar-refractivity contribution in [2.45, 2.75) is 19.3 Å². The predicted octanol–water partition coefficient (Wildman–Crippen LogP) is 5.02. The van der Waals surface area contributed by atoms with Gasteiger partial charge in [-0.05, 0) is 86.0 Å². The average molecular weight is 636 g/mol. The summed E-state index contributed by atoms with van der Waals surface area (Å²) in [6.45, 7) is 0. The molecule has 46 heavy (non-hydrogen) atoms. The van der Waals surface area contributed by atoms with Crippen molar-refractivity contribution in [3.8, 4) is 28.6 Å². The van der Waals surface area contributed by atoms with Crippen LogP contribution in [-0.2, 0) is 12.8 Å². The van der Waals surface area contributed by atoms with Crippen LogP contribution < -0.4 is 16.2 Å². The van der Waals surface area contributed by atoms with E-state index in [2.05, 4.69) is 43.3 Å². The molecule has 0 saturated heterocycles. The first-order valence-corrected chi connectivity index (χ1v) is 15.6. The first-order chi connectivity index (χ1) is 22.5. The number of hydrogen-bond acceptors (Lipinski definition) is 11.